The molecule has 0 aliphatic rings. The second-order valence-electron chi connectivity index (χ2n) is 7.38. The van der Waals surface area contributed by atoms with Crippen LogP contribution in [0.3, 0.4) is 0 Å². The van der Waals surface area contributed by atoms with Crippen LogP contribution in [0.15, 0.2) is 48.5 Å². The average molecular weight is 471 g/mol. The van der Waals surface area contributed by atoms with Gasteiger partial charge in [-0.25, -0.2) is 4.79 Å². The molecule has 9 heteroatoms. The predicted molar refractivity (Wildman–Crippen MR) is 127 cm³/mol. The summed E-state index contributed by atoms with van der Waals surface area (Å²) in [4.78, 5) is 47.8. The van der Waals surface area contributed by atoms with Crippen molar-refractivity contribution in [1.29, 1.82) is 0 Å². The van der Waals surface area contributed by atoms with Crippen molar-refractivity contribution in [1.82, 2.24) is 0 Å². The number of esters is 2. The van der Waals surface area contributed by atoms with Gasteiger partial charge >= 0.3 is 11.9 Å². The van der Waals surface area contributed by atoms with Crippen LogP contribution in [-0.2, 0) is 23.9 Å². The number of hydrogen-bond acceptors (Lipinski definition) is 7. The van der Waals surface area contributed by atoms with Gasteiger partial charge < -0.3 is 24.8 Å². The van der Waals surface area contributed by atoms with Gasteiger partial charge in [0.15, 0.2) is 6.61 Å². The average Bonchev–Trinajstić information content (AvgIpc) is 2.83. The first kappa shape index (κ1) is 26.4. The standard InChI is InChI=1S/C25H30N2O7/c1-3-4-16-33-25(31)18-12-14-19(15-13-18)26-23(29)17-34-24(30)11-7-10-22(28)27-20-8-5-6-9-21(20)32-2/h5-6,8-9,12-15H,3-4,7,10-11,16-17H2,1-2H3,(H,26,29)(H,27,28). The lowest BCUT2D eigenvalue weighted by Crippen LogP contribution is -2.21. The molecule has 0 fully saturated rings. The van der Waals surface area contributed by atoms with Crippen LogP contribution in [0, 0.1) is 0 Å². The maximum absolute atomic E-state index is 12.1. The van der Waals surface area contributed by atoms with Crippen molar-refractivity contribution in [3.05, 3.63) is 54.1 Å². The summed E-state index contributed by atoms with van der Waals surface area (Å²) in [5.74, 6) is -1.22. The van der Waals surface area contributed by atoms with Crippen LogP contribution in [0.2, 0.25) is 0 Å². The van der Waals surface area contributed by atoms with Gasteiger partial charge in [-0.2, -0.15) is 0 Å². The lowest BCUT2D eigenvalue weighted by atomic mass is 10.2. The van der Waals surface area contributed by atoms with Gasteiger partial charge in [0.05, 0.1) is 25.0 Å². The minimum Gasteiger partial charge on any atom is -0.495 e. The lowest BCUT2D eigenvalue weighted by Gasteiger charge is -2.10. The molecule has 2 N–H and O–H groups in total. The first-order chi connectivity index (χ1) is 16.4. The van der Waals surface area contributed by atoms with E-state index < -0.39 is 24.5 Å². The summed E-state index contributed by atoms with van der Waals surface area (Å²) in [5.41, 5.74) is 1.39. The van der Waals surface area contributed by atoms with Gasteiger partial charge in [-0.15, -0.1) is 0 Å². The molecule has 0 saturated carbocycles. The normalized spacial score (nSPS) is 10.2. The Labute approximate surface area is 198 Å². The van der Waals surface area contributed by atoms with Crippen LogP contribution < -0.4 is 15.4 Å². The molecule has 9 nitrogen and oxygen atoms in total. The van der Waals surface area contributed by atoms with Gasteiger partial charge in [-0.05, 0) is 49.2 Å². The molecule has 0 bridgehead atoms. The third kappa shape index (κ3) is 9.32. The van der Waals surface area contributed by atoms with Gasteiger partial charge in [-0.1, -0.05) is 25.5 Å². The fraction of sp³-hybridized carbons (Fsp3) is 0.360. The third-order valence-corrected chi connectivity index (χ3v) is 4.67. The molecule has 0 aliphatic heterocycles. The molecule has 0 spiro atoms. The number of anilines is 2. The number of hydrogen-bond donors (Lipinski definition) is 2. The van der Waals surface area contributed by atoms with Crippen LogP contribution in [0.5, 0.6) is 5.75 Å². The van der Waals surface area contributed by atoms with Crippen molar-refractivity contribution in [2.75, 3.05) is 31.0 Å². The Morgan fingerprint density at radius 3 is 2.26 bits per heavy atom. The Morgan fingerprint density at radius 1 is 0.824 bits per heavy atom. The zero-order valence-corrected chi connectivity index (χ0v) is 19.4. The highest BCUT2D eigenvalue weighted by Gasteiger charge is 2.12. The molecule has 2 aromatic rings. The van der Waals surface area contributed by atoms with Crippen LogP contribution >= 0.6 is 0 Å². The van der Waals surface area contributed by atoms with E-state index in [2.05, 4.69) is 10.6 Å². The molecule has 0 aromatic heterocycles. The second-order valence-corrected chi connectivity index (χ2v) is 7.38. The van der Waals surface area contributed by atoms with Crippen LogP contribution in [0.1, 0.15) is 49.4 Å². The Kier molecular flexibility index (Phi) is 11.1. The second kappa shape index (κ2) is 14.3. The zero-order chi connectivity index (χ0) is 24.8. The molecule has 2 aromatic carbocycles. The van der Waals surface area contributed by atoms with Gasteiger partial charge in [0.25, 0.3) is 5.91 Å². The molecule has 0 radical (unpaired) electrons. The largest absolute Gasteiger partial charge is 0.495 e. The Balaban J connectivity index is 1.65. The smallest absolute Gasteiger partial charge is 0.338 e. The van der Waals surface area contributed by atoms with E-state index in [1.54, 1.807) is 48.5 Å². The topological polar surface area (TPSA) is 120 Å². The maximum atomic E-state index is 12.1. The minimum atomic E-state index is -0.578. The number of ether oxygens (including phenoxy) is 3. The van der Waals surface area contributed by atoms with Crippen molar-refractivity contribution in [3.8, 4) is 5.75 Å². The van der Waals surface area contributed by atoms with Crippen LogP contribution in [0.4, 0.5) is 11.4 Å². The number of carbonyl (C=O) groups is 4. The summed E-state index contributed by atoms with van der Waals surface area (Å²) in [5, 5.41) is 5.31. The van der Waals surface area contributed by atoms with E-state index in [4.69, 9.17) is 14.2 Å². The van der Waals surface area contributed by atoms with E-state index >= 15 is 0 Å². The molecule has 2 amide bonds. The van der Waals surface area contributed by atoms with Crippen molar-refractivity contribution >= 4 is 35.1 Å². The molecular formula is C25H30N2O7. The van der Waals surface area contributed by atoms with Crippen LogP contribution in [-0.4, -0.2) is 44.1 Å². The summed E-state index contributed by atoms with van der Waals surface area (Å²) in [6.45, 7) is 1.92. The number of rotatable bonds is 13. The van der Waals surface area contributed by atoms with E-state index in [1.165, 1.54) is 7.11 Å². The fourth-order valence-corrected chi connectivity index (χ4v) is 2.85. The monoisotopic (exact) mass is 470 g/mol. The zero-order valence-electron chi connectivity index (χ0n) is 19.4. The Morgan fingerprint density at radius 2 is 1.56 bits per heavy atom. The van der Waals surface area contributed by atoms with E-state index in [-0.39, 0.29) is 25.2 Å². The quantitative estimate of drug-likeness (QED) is 0.336. The van der Waals surface area contributed by atoms with E-state index in [1.807, 2.05) is 6.92 Å². The third-order valence-electron chi connectivity index (χ3n) is 4.67. The molecule has 2 rings (SSSR count). The van der Waals surface area contributed by atoms with E-state index in [0.29, 0.717) is 29.3 Å². The van der Waals surface area contributed by atoms with Crippen molar-refractivity contribution in [2.24, 2.45) is 0 Å². The summed E-state index contributed by atoms with van der Waals surface area (Å²) in [6.07, 6.45) is 2.13. The maximum Gasteiger partial charge on any atom is 0.338 e. The number of carbonyl (C=O) groups excluding carboxylic acids is 4. The molecule has 0 unspecified atom stereocenters. The molecule has 0 heterocycles. The first-order valence-electron chi connectivity index (χ1n) is 11.1. The molecule has 34 heavy (non-hydrogen) atoms. The lowest BCUT2D eigenvalue weighted by molar-refractivity contribution is -0.147. The molecule has 0 atom stereocenters. The summed E-state index contributed by atoms with van der Waals surface area (Å²) in [6, 6.07) is 13.2. The Bertz CT molecular complexity index is 973. The highest BCUT2D eigenvalue weighted by Crippen LogP contribution is 2.23. The van der Waals surface area contributed by atoms with Crippen molar-refractivity contribution in [3.63, 3.8) is 0 Å². The highest BCUT2D eigenvalue weighted by molar-refractivity contribution is 5.94. The summed E-state index contributed by atoms with van der Waals surface area (Å²) < 4.78 is 15.3. The van der Waals surface area contributed by atoms with Crippen molar-refractivity contribution in [2.45, 2.75) is 39.0 Å². The highest BCUT2D eigenvalue weighted by atomic mass is 16.5. The number of para-hydroxylation sites is 2. The number of benzene rings is 2. The summed E-state index contributed by atoms with van der Waals surface area (Å²) in [7, 11) is 1.51. The number of unbranched alkanes of at least 4 members (excludes halogenated alkanes) is 1. The summed E-state index contributed by atoms with van der Waals surface area (Å²) >= 11 is 0. The minimum absolute atomic E-state index is 0.00145. The number of nitrogens with one attached hydrogen (secondary N) is 2. The molecule has 0 aliphatic carbocycles. The van der Waals surface area contributed by atoms with Gasteiger partial charge in [0.2, 0.25) is 5.91 Å². The first-order valence-corrected chi connectivity index (χ1v) is 11.1. The number of methoxy groups -OCH3 is 1. The van der Waals surface area contributed by atoms with Gasteiger partial charge in [-0.3, -0.25) is 14.4 Å². The van der Waals surface area contributed by atoms with Crippen molar-refractivity contribution < 1.29 is 33.4 Å². The fourth-order valence-electron chi connectivity index (χ4n) is 2.85. The SMILES string of the molecule is CCCCOC(=O)c1ccc(NC(=O)COC(=O)CCCC(=O)Nc2ccccc2OC)cc1. The molecule has 0 saturated heterocycles. The Hall–Kier alpha value is -3.88. The van der Waals surface area contributed by atoms with Gasteiger partial charge in [0.1, 0.15) is 5.75 Å². The molecular weight excluding hydrogens is 440 g/mol. The van der Waals surface area contributed by atoms with Crippen LogP contribution in [0.25, 0.3) is 0 Å². The van der Waals surface area contributed by atoms with Gasteiger partial charge in [0, 0.05) is 18.5 Å². The van der Waals surface area contributed by atoms with E-state index in [9.17, 15) is 19.2 Å². The number of amides is 2. The molecule has 182 valence electrons. The predicted octanol–water partition coefficient (Wildman–Crippen LogP) is 3.94. The van der Waals surface area contributed by atoms with E-state index in [0.717, 1.165) is 12.8 Å².